The molecule has 1 unspecified atom stereocenters. The van der Waals surface area contributed by atoms with Gasteiger partial charge in [-0.1, -0.05) is 314 Å². The summed E-state index contributed by atoms with van der Waals surface area (Å²) in [4.78, 5) is 24.6. The number of hydrogen-bond donors (Lipinski definition) is 1. The van der Waals surface area contributed by atoms with Gasteiger partial charge in [0.25, 0.3) is 0 Å². The summed E-state index contributed by atoms with van der Waals surface area (Å²) in [5, 5.41) is 9.67. The quantitative estimate of drug-likeness (QED) is 0.0374. The Hall–Kier alpha value is -1.62. The molecule has 0 rings (SSSR count). The van der Waals surface area contributed by atoms with Gasteiger partial charge >= 0.3 is 11.9 Å². The Balaban J connectivity index is 3.40. The van der Waals surface area contributed by atoms with Gasteiger partial charge in [0, 0.05) is 12.8 Å². The van der Waals surface area contributed by atoms with E-state index in [9.17, 15) is 14.7 Å². The third-order valence-corrected chi connectivity index (χ3v) is 14.2. The molecule has 0 heterocycles. The number of carbonyl (C=O) groups excluding carboxylic acids is 2. The third kappa shape index (κ3) is 57.0. The van der Waals surface area contributed by atoms with Crippen LogP contribution < -0.4 is 0 Å². The maximum absolute atomic E-state index is 12.3. The summed E-state index contributed by atoms with van der Waals surface area (Å²) in [7, 11) is 0. The highest BCUT2D eigenvalue weighted by Gasteiger charge is 2.16. The lowest BCUT2D eigenvalue weighted by Gasteiger charge is -2.15. The average molecular weight is 958 g/mol. The van der Waals surface area contributed by atoms with Crippen LogP contribution in [0, 0.1) is 0 Å². The van der Waals surface area contributed by atoms with Crippen LogP contribution >= 0.6 is 0 Å². The van der Waals surface area contributed by atoms with Crippen LogP contribution in [0.5, 0.6) is 0 Å². The fourth-order valence-electron chi connectivity index (χ4n) is 9.59. The molecule has 0 fully saturated rings. The van der Waals surface area contributed by atoms with Crippen LogP contribution in [0.25, 0.3) is 0 Å². The number of hydrogen-bond acceptors (Lipinski definition) is 5. The van der Waals surface area contributed by atoms with Crippen LogP contribution in [0.15, 0.2) is 24.3 Å². The zero-order chi connectivity index (χ0) is 49.2. The molecule has 0 saturated heterocycles. The first-order chi connectivity index (χ1) is 33.6. The lowest BCUT2D eigenvalue weighted by atomic mass is 10.0. The van der Waals surface area contributed by atoms with Crippen LogP contribution in [0.4, 0.5) is 0 Å². The van der Waals surface area contributed by atoms with Crippen molar-refractivity contribution in [2.24, 2.45) is 0 Å². The normalized spacial score (nSPS) is 12.2. The molecular weight excluding hydrogens is 837 g/mol. The molecule has 0 aliphatic heterocycles. The maximum Gasteiger partial charge on any atom is 0.306 e. The van der Waals surface area contributed by atoms with Gasteiger partial charge in [0.05, 0.1) is 6.61 Å². The minimum absolute atomic E-state index is 0.0584. The van der Waals surface area contributed by atoms with E-state index in [4.69, 9.17) is 9.47 Å². The van der Waals surface area contributed by atoms with Crippen LogP contribution in [0.2, 0.25) is 0 Å². The van der Waals surface area contributed by atoms with Crippen molar-refractivity contribution in [1.29, 1.82) is 0 Å². The molecule has 0 radical (unpaired) electrons. The van der Waals surface area contributed by atoms with Gasteiger partial charge in [0.2, 0.25) is 0 Å². The largest absolute Gasteiger partial charge is 0.462 e. The Morgan fingerprint density at radius 2 is 0.588 bits per heavy atom. The van der Waals surface area contributed by atoms with E-state index in [0.717, 1.165) is 38.5 Å². The molecule has 1 N–H and O–H groups in total. The highest BCUT2D eigenvalue weighted by Crippen LogP contribution is 2.18. The summed E-state index contributed by atoms with van der Waals surface area (Å²) in [6.45, 7) is 4.19. The molecule has 0 aromatic heterocycles. The number of carbonyl (C=O) groups is 2. The molecule has 0 bridgehead atoms. The molecule has 0 amide bonds. The van der Waals surface area contributed by atoms with Crippen molar-refractivity contribution < 1.29 is 24.2 Å². The lowest BCUT2D eigenvalue weighted by Crippen LogP contribution is -2.28. The highest BCUT2D eigenvalue weighted by molar-refractivity contribution is 5.70. The minimum Gasteiger partial charge on any atom is -0.462 e. The van der Waals surface area contributed by atoms with E-state index in [1.807, 2.05) is 0 Å². The second kappa shape index (κ2) is 59.7. The standard InChI is InChI=1S/C63H120O5/c1-3-5-7-9-11-13-15-17-19-21-23-25-27-29-30-31-32-34-36-38-40-42-44-46-48-50-52-54-56-58-63(66)68-61(59-64)60-67-62(65)57-55-53-51-49-47-45-43-41-39-37-35-33-28-26-24-22-20-18-16-14-12-10-8-6-4-2/h15,17,21,23,61,64H,3-14,16,18-20,22,24-60H2,1-2H3/b17-15-,23-21-. The van der Waals surface area contributed by atoms with Gasteiger partial charge in [-0.2, -0.15) is 0 Å². The first kappa shape index (κ1) is 66.4. The fourth-order valence-corrected chi connectivity index (χ4v) is 9.59. The molecule has 0 aromatic carbocycles. The Bertz CT molecular complexity index is 1040. The minimum atomic E-state index is -0.768. The number of aliphatic hydroxyl groups excluding tert-OH is 1. The van der Waals surface area contributed by atoms with Gasteiger partial charge in [-0.05, 0) is 44.9 Å². The van der Waals surface area contributed by atoms with Crippen LogP contribution in [-0.4, -0.2) is 36.4 Å². The van der Waals surface area contributed by atoms with Crippen LogP contribution in [-0.2, 0) is 19.1 Å². The van der Waals surface area contributed by atoms with E-state index in [1.165, 1.54) is 283 Å². The Labute approximate surface area is 425 Å². The first-order valence-corrected chi connectivity index (χ1v) is 30.9. The summed E-state index contributed by atoms with van der Waals surface area (Å²) in [5.74, 6) is -0.567. The van der Waals surface area contributed by atoms with Crippen molar-refractivity contribution >= 4 is 11.9 Å². The number of allylic oxidation sites excluding steroid dienone is 4. The molecule has 0 aliphatic carbocycles. The summed E-state index contributed by atoms with van der Waals surface area (Å²) < 4.78 is 10.7. The second-order valence-corrected chi connectivity index (χ2v) is 21.1. The molecule has 0 aliphatic rings. The predicted molar refractivity (Wildman–Crippen MR) is 298 cm³/mol. The molecule has 5 heteroatoms. The smallest absolute Gasteiger partial charge is 0.306 e. The molecule has 1 atom stereocenters. The zero-order valence-electron chi connectivity index (χ0n) is 46.2. The van der Waals surface area contributed by atoms with E-state index < -0.39 is 6.10 Å². The van der Waals surface area contributed by atoms with Gasteiger partial charge < -0.3 is 14.6 Å². The highest BCUT2D eigenvalue weighted by atomic mass is 16.6. The number of rotatable bonds is 58. The van der Waals surface area contributed by atoms with Gasteiger partial charge in [0.15, 0.2) is 6.10 Å². The molecule has 0 aromatic rings. The molecule has 0 saturated carbocycles. The SMILES string of the molecule is CCCCCCC/C=C\C/C=C\CCCCCCCCCCCCCCCCCCCC(=O)OC(CO)COC(=O)CCCCCCCCCCCCCCCCCCCCCCCCCCC. The summed E-state index contributed by atoms with van der Waals surface area (Å²) in [5.41, 5.74) is 0. The van der Waals surface area contributed by atoms with Crippen molar-refractivity contribution in [3.05, 3.63) is 24.3 Å². The topological polar surface area (TPSA) is 72.8 Å². The van der Waals surface area contributed by atoms with Gasteiger partial charge in [-0.3, -0.25) is 9.59 Å². The van der Waals surface area contributed by atoms with E-state index >= 15 is 0 Å². The van der Waals surface area contributed by atoms with Gasteiger partial charge in [-0.15, -0.1) is 0 Å². The van der Waals surface area contributed by atoms with E-state index in [1.54, 1.807) is 0 Å². The van der Waals surface area contributed by atoms with Crippen molar-refractivity contribution in [2.75, 3.05) is 13.2 Å². The molecule has 0 spiro atoms. The van der Waals surface area contributed by atoms with E-state index in [0.29, 0.717) is 12.8 Å². The first-order valence-electron chi connectivity index (χ1n) is 30.9. The third-order valence-electron chi connectivity index (χ3n) is 14.2. The summed E-state index contributed by atoms with van der Waals surface area (Å²) in [6.07, 6.45) is 76.1. The number of unbranched alkanes of at least 4 members (excludes halogenated alkanes) is 46. The van der Waals surface area contributed by atoms with Crippen LogP contribution in [0.3, 0.4) is 0 Å². The second-order valence-electron chi connectivity index (χ2n) is 21.1. The molecule has 68 heavy (non-hydrogen) atoms. The van der Waals surface area contributed by atoms with Crippen molar-refractivity contribution in [1.82, 2.24) is 0 Å². The van der Waals surface area contributed by atoms with E-state index in [-0.39, 0.29) is 25.2 Å². The summed E-state index contributed by atoms with van der Waals surface area (Å²) >= 11 is 0. The molecular formula is C63H120O5. The van der Waals surface area contributed by atoms with Crippen molar-refractivity contribution in [3.8, 4) is 0 Å². The Morgan fingerprint density at radius 3 is 0.868 bits per heavy atom. The Kier molecular flexibility index (Phi) is 58.3. The fraction of sp³-hybridized carbons (Fsp3) is 0.905. The van der Waals surface area contributed by atoms with Crippen molar-refractivity contribution in [3.63, 3.8) is 0 Å². The van der Waals surface area contributed by atoms with E-state index in [2.05, 4.69) is 38.2 Å². The number of esters is 2. The maximum atomic E-state index is 12.3. The Morgan fingerprint density at radius 1 is 0.338 bits per heavy atom. The summed E-state index contributed by atoms with van der Waals surface area (Å²) in [6, 6.07) is 0. The average Bonchev–Trinajstić information content (AvgIpc) is 3.34. The number of aliphatic hydroxyl groups is 1. The molecule has 5 nitrogen and oxygen atoms in total. The van der Waals surface area contributed by atoms with Crippen molar-refractivity contribution in [2.45, 2.75) is 354 Å². The monoisotopic (exact) mass is 957 g/mol. The number of ether oxygens (including phenoxy) is 2. The lowest BCUT2D eigenvalue weighted by molar-refractivity contribution is -0.161. The zero-order valence-corrected chi connectivity index (χ0v) is 46.2. The van der Waals surface area contributed by atoms with Crippen LogP contribution in [0.1, 0.15) is 348 Å². The van der Waals surface area contributed by atoms with Gasteiger partial charge in [0.1, 0.15) is 6.61 Å². The predicted octanol–water partition coefficient (Wildman–Crippen LogP) is 20.9. The molecule has 402 valence electrons. The van der Waals surface area contributed by atoms with Gasteiger partial charge in [-0.25, -0.2) is 0 Å².